The summed E-state index contributed by atoms with van der Waals surface area (Å²) in [6.07, 6.45) is 2.21. The number of methoxy groups -OCH3 is 2. The lowest BCUT2D eigenvalue weighted by molar-refractivity contribution is -0.129. The predicted molar refractivity (Wildman–Crippen MR) is 116 cm³/mol. The molecule has 0 unspecified atom stereocenters. The molecule has 4 rings (SSSR count). The first-order valence-electron chi connectivity index (χ1n) is 9.73. The van der Waals surface area contributed by atoms with Crippen LogP contribution in [0.2, 0.25) is 0 Å². The number of nitrogens with zero attached hydrogens (tertiary/aromatic N) is 3. The molecule has 0 atom stereocenters. The van der Waals surface area contributed by atoms with Gasteiger partial charge in [0.1, 0.15) is 17.2 Å². The zero-order valence-corrected chi connectivity index (χ0v) is 18.3. The molecule has 0 aliphatic carbocycles. The van der Waals surface area contributed by atoms with Gasteiger partial charge >= 0.3 is 10.2 Å². The third-order valence-electron chi connectivity index (χ3n) is 5.49. The molecule has 0 saturated heterocycles. The molecule has 0 saturated carbocycles. The highest BCUT2D eigenvalue weighted by molar-refractivity contribution is 7.88. The molecule has 2 heterocycles. The zero-order valence-electron chi connectivity index (χ0n) is 17.5. The molecule has 0 N–H and O–H groups in total. The Balaban J connectivity index is 1.74. The van der Waals surface area contributed by atoms with Crippen LogP contribution in [0.5, 0.6) is 11.5 Å². The second-order valence-electron chi connectivity index (χ2n) is 7.26. The molecule has 1 amide bonds. The van der Waals surface area contributed by atoms with Crippen LogP contribution in [0.15, 0.2) is 58.6 Å². The molecule has 9 heteroatoms. The van der Waals surface area contributed by atoms with Crippen LogP contribution in [0, 0.1) is 0 Å². The Labute approximate surface area is 181 Å². The maximum atomic E-state index is 13.4. The van der Waals surface area contributed by atoms with Gasteiger partial charge in [-0.25, -0.2) is 4.31 Å². The molecule has 0 radical (unpaired) electrons. The lowest BCUT2D eigenvalue weighted by atomic mass is 9.99. The van der Waals surface area contributed by atoms with Crippen LogP contribution in [0.25, 0.3) is 0 Å². The van der Waals surface area contributed by atoms with Gasteiger partial charge in [0, 0.05) is 25.7 Å². The van der Waals surface area contributed by atoms with Crippen LogP contribution < -0.4 is 9.47 Å². The molecule has 0 fully saturated rings. The molecule has 2 aromatic rings. The Bertz CT molecular complexity index is 1200. The maximum absolute atomic E-state index is 13.4. The number of carbonyl (C=O) groups is 1. The van der Waals surface area contributed by atoms with Gasteiger partial charge in [0.2, 0.25) is 0 Å². The highest BCUT2D eigenvalue weighted by Crippen LogP contribution is 2.30. The number of fused-ring (bicyclic) bond motifs is 1. The third-order valence-corrected chi connectivity index (χ3v) is 6.81. The molecule has 8 nitrogen and oxygen atoms in total. The van der Waals surface area contributed by atoms with Crippen LogP contribution >= 0.6 is 0 Å². The Morgan fingerprint density at radius 3 is 2.52 bits per heavy atom. The van der Waals surface area contributed by atoms with Crippen molar-refractivity contribution in [2.45, 2.75) is 13.0 Å². The largest absolute Gasteiger partial charge is 0.497 e. The van der Waals surface area contributed by atoms with E-state index in [1.54, 1.807) is 23.1 Å². The third kappa shape index (κ3) is 3.88. The quantitative estimate of drug-likeness (QED) is 0.726. The van der Waals surface area contributed by atoms with Gasteiger partial charge in [0.25, 0.3) is 5.91 Å². The summed E-state index contributed by atoms with van der Waals surface area (Å²) in [6.45, 7) is 0.936. The van der Waals surface area contributed by atoms with Gasteiger partial charge in [-0.05, 0) is 41.8 Å². The van der Waals surface area contributed by atoms with Crippen molar-refractivity contribution in [2.75, 3.05) is 27.8 Å². The summed E-state index contributed by atoms with van der Waals surface area (Å²) in [5.74, 6) is 0.577. The van der Waals surface area contributed by atoms with Crippen molar-refractivity contribution in [3.63, 3.8) is 0 Å². The number of likely N-dealkylation sites (N-methyl/N-ethyl adjacent to an activating group) is 1. The Kier molecular flexibility index (Phi) is 5.45. The summed E-state index contributed by atoms with van der Waals surface area (Å²) in [4.78, 5) is 15.0. The summed E-state index contributed by atoms with van der Waals surface area (Å²) < 4.78 is 41.0. The van der Waals surface area contributed by atoms with Crippen LogP contribution in [0.3, 0.4) is 0 Å². The van der Waals surface area contributed by atoms with Crippen molar-refractivity contribution in [1.29, 1.82) is 0 Å². The fourth-order valence-electron chi connectivity index (χ4n) is 3.73. The van der Waals surface area contributed by atoms with E-state index in [0.29, 0.717) is 30.2 Å². The Morgan fingerprint density at radius 2 is 1.81 bits per heavy atom. The first-order valence-corrected chi connectivity index (χ1v) is 11.1. The Hall–Kier alpha value is -3.33. The number of allylic oxidation sites excluding steroid dienone is 1. The van der Waals surface area contributed by atoms with Gasteiger partial charge in [-0.1, -0.05) is 24.3 Å². The van der Waals surface area contributed by atoms with Crippen LogP contribution in [0.1, 0.15) is 16.7 Å². The number of rotatable bonds is 4. The van der Waals surface area contributed by atoms with E-state index in [1.165, 1.54) is 32.9 Å². The van der Waals surface area contributed by atoms with E-state index >= 15 is 0 Å². The number of amides is 1. The van der Waals surface area contributed by atoms with E-state index in [9.17, 15) is 13.2 Å². The molecule has 162 valence electrons. The normalized spacial score (nSPS) is 17.4. The van der Waals surface area contributed by atoms with E-state index in [0.717, 1.165) is 16.3 Å². The first-order chi connectivity index (χ1) is 14.8. The van der Waals surface area contributed by atoms with Crippen molar-refractivity contribution in [3.8, 4) is 11.5 Å². The minimum Gasteiger partial charge on any atom is -0.497 e. The average molecular weight is 442 g/mol. The number of carbonyl (C=O) groups excluding carboxylic acids is 1. The van der Waals surface area contributed by atoms with Crippen LogP contribution in [0.4, 0.5) is 0 Å². The molecule has 2 aliphatic heterocycles. The van der Waals surface area contributed by atoms with Crippen LogP contribution in [-0.2, 0) is 28.0 Å². The molecule has 0 spiro atoms. The fourth-order valence-corrected chi connectivity index (χ4v) is 4.63. The van der Waals surface area contributed by atoms with Gasteiger partial charge in [-0.15, -0.1) is 4.40 Å². The van der Waals surface area contributed by atoms with E-state index in [-0.39, 0.29) is 17.3 Å². The van der Waals surface area contributed by atoms with Gasteiger partial charge in [0.15, 0.2) is 0 Å². The monoisotopic (exact) mass is 441 g/mol. The van der Waals surface area contributed by atoms with E-state index in [2.05, 4.69) is 4.40 Å². The van der Waals surface area contributed by atoms with E-state index in [1.807, 2.05) is 24.3 Å². The van der Waals surface area contributed by atoms with Crippen molar-refractivity contribution in [2.24, 2.45) is 4.40 Å². The van der Waals surface area contributed by atoms with E-state index < -0.39 is 10.2 Å². The van der Waals surface area contributed by atoms with Gasteiger partial charge < -0.3 is 14.4 Å². The molecule has 2 aliphatic rings. The smallest absolute Gasteiger partial charge is 0.345 e. The number of hydrogen-bond acceptors (Lipinski definition) is 5. The minimum atomic E-state index is -4.09. The second-order valence-corrected chi connectivity index (χ2v) is 8.89. The second kappa shape index (κ2) is 8.07. The number of ether oxygens (including phenoxy) is 2. The lowest BCUT2D eigenvalue weighted by Crippen LogP contribution is -2.43. The number of benzene rings is 2. The molecule has 31 heavy (non-hydrogen) atoms. The molecule has 2 aromatic carbocycles. The van der Waals surface area contributed by atoms with Crippen molar-refractivity contribution in [3.05, 3.63) is 70.9 Å². The summed E-state index contributed by atoms with van der Waals surface area (Å²) >= 11 is 0. The topological polar surface area (TPSA) is 88.5 Å². The lowest BCUT2D eigenvalue weighted by Gasteiger charge is -2.32. The maximum Gasteiger partial charge on any atom is 0.345 e. The summed E-state index contributed by atoms with van der Waals surface area (Å²) in [6, 6.07) is 12.9. The fraction of sp³-hybridized carbons (Fsp3) is 0.273. The van der Waals surface area contributed by atoms with Gasteiger partial charge in [0.05, 0.1) is 19.9 Å². The molecule has 0 aromatic heterocycles. The van der Waals surface area contributed by atoms with Crippen molar-refractivity contribution >= 4 is 21.8 Å². The highest BCUT2D eigenvalue weighted by atomic mass is 32.2. The number of hydrogen-bond donors (Lipinski definition) is 0. The standard InChI is InChI=1S/C22H23N3O5S/c1-24-20(22(26)25-11-10-15-6-4-5-7-16(15)14-25)13-19(23-31(24,27)28)18-12-17(29-2)8-9-21(18)30-3/h4-9,12-13H,10-11,14H2,1-3H3. The average Bonchev–Trinajstić information content (AvgIpc) is 2.79. The molecular weight excluding hydrogens is 418 g/mol. The van der Waals surface area contributed by atoms with Gasteiger partial charge in [-0.2, -0.15) is 8.42 Å². The zero-order chi connectivity index (χ0) is 22.2. The van der Waals surface area contributed by atoms with Crippen LogP contribution in [-0.4, -0.2) is 57.1 Å². The van der Waals surface area contributed by atoms with Crippen molar-refractivity contribution in [1.82, 2.24) is 9.21 Å². The minimum absolute atomic E-state index is 0.0363. The Morgan fingerprint density at radius 1 is 1.06 bits per heavy atom. The summed E-state index contributed by atoms with van der Waals surface area (Å²) in [7, 11) is 0.240. The summed E-state index contributed by atoms with van der Waals surface area (Å²) in [5, 5.41) is 0. The van der Waals surface area contributed by atoms with Crippen molar-refractivity contribution < 1.29 is 22.7 Å². The molecular formula is C22H23N3O5S. The first kappa shape index (κ1) is 20.9. The highest BCUT2D eigenvalue weighted by Gasteiger charge is 2.34. The molecule has 0 bridgehead atoms. The predicted octanol–water partition coefficient (Wildman–Crippen LogP) is 2.15. The van der Waals surface area contributed by atoms with Gasteiger partial charge in [-0.3, -0.25) is 4.79 Å². The van der Waals surface area contributed by atoms with E-state index in [4.69, 9.17) is 9.47 Å². The SMILES string of the molecule is COc1ccc(OC)c(C2=NS(=O)(=O)N(C)C(C(=O)N3CCc4ccccc4C3)=C2)c1. The summed E-state index contributed by atoms with van der Waals surface area (Å²) in [5.41, 5.74) is 2.84.